The van der Waals surface area contributed by atoms with Crippen molar-refractivity contribution in [2.75, 3.05) is 0 Å². The molecule has 0 spiro atoms. The molecule has 20 heavy (non-hydrogen) atoms. The van der Waals surface area contributed by atoms with E-state index in [1.165, 1.54) is 64.2 Å². The van der Waals surface area contributed by atoms with E-state index in [0.29, 0.717) is 0 Å². The second-order valence-electron chi connectivity index (χ2n) is 6.01. The van der Waals surface area contributed by atoms with Crippen LogP contribution in [0.2, 0.25) is 0 Å². The molecule has 0 unspecified atom stereocenters. The summed E-state index contributed by atoms with van der Waals surface area (Å²) in [5.41, 5.74) is 3.13. The van der Waals surface area contributed by atoms with E-state index in [1.54, 1.807) is 11.1 Å². The van der Waals surface area contributed by atoms with Crippen molar-refractivity contribution in [2.24, 2.45) is 0 Å². The zero-order valence-electron chi connectivity index (χ0n) is 14.1. The van der Waals surface area contributed by atoms with Crippen LogP contribution in [0.25, 0.3) is 0 Å². The molecule has 0 fully saturated rings. The zero-order valence-corrected chi connectivity index (χ0v) is 14.1. The Balaban J connectivity index is 3.60. The average Bonchev–Trinajstić information content (AvgIpc) is 2.44. The zero-order chi connectivity index (χ0) is 15.1. The molecule has 0 saturated heterocycles. The summed E-state index contributed by atoms with van der Waals surface area (Å²) in [4.78, 5) is 0. The Labute approximate surface area is 128 Å². The predicted molar refractivity (Wildman–Crippen MR) is 93.6 cm³/mol. The quantitative estimate of drug-likeness (QED) is 0.246. The lowest BCUT2D eigenvalue weighted by Crippen LogP contribution is -1.82. The second kappa shape index (κ2) is 14.9. The normalized spacial score (nSPS) is 13.0. The van der Waals surface area contributed by atoms with E-state index >= 15 is 0 Å². The van der Waals surface area contributed by atoms with Gasteiger partial charge in [0, 0.05) is 0 Å². The molecule has 0 heterocycles. The Morgan fingerprint density at radius 3 is 1.40 bits per heavy atom. The molecule has 0 saturated carbocycles. The van der Waals surface area contributed by atoms with E-state index in [4.69, 9.17) is 0 Å². The Hall–Kier alpha value is -0.520. The topological polar surface area (TPSA) is 0 Å². The minimum atomic E-state index is 1.08. The maximum atomic E-state index is 3.89. The summed E-state index contributed by atoms with van der Waals surface area (Å²) >= 11 is 0. The third-order valence-electron chi connectivity index (χ3n) is 3.79. The fourth-order valence-electron chi connectivity index (χ4n) is 2.38. The van der Waals surface area contributed by atoms with Crippen LogP contribution in [-0.2, 0) is 0 Å². The van der Waals surface area contributed by atoms with E-state index in [0.717, 1.165) is 12.8 Å². The monoisotopic (exact) mass is 276 g/mol. The minimum absolute atomic E-state index is 1.08. The molecule has 2 radical (unpaired) electrons. The third-order valence-corrected chi connectivity index (χ3v) is 3.79. The molecule has 0 bridgehead atoms. The summed E-state index contributed by atoms with van der Waals surface area (Å²) in [6, 6.07) is 0. The second-order valence-corrected chi connectivity index (χ2v) is 6.01. The molecule has 0 aromatic heterocycles. The highest BCUT2D eigenvalue weighted by Crippen LogP contribution is 2.13. The van der Waals surface area contributed by atoms with Crippen molar-refractivity contribution < 1.29 is 0 Å². The van der Waals surface area contributed by atoms with Crippen LogP contribution in [0.3, 0.4) is 0 Å². The van der Waals surface area contributed by atoms with Gasteiger partial charge in [-0.15, -0.1) is 0 Å². The number of unbranched alkanes of at least 4 members (excludes halogenated alkanes) is 7. The first-order chi connectivity index (χ1) is 9.70. The molecule has 0 atom stereocenters. The Morgan fingerprint density at radius 1 is 0.650 bits per heavy atom. The van der Waals surface area contributed by atoms with Crippen molar-refractivity contribution in [2.45, 2.75) is 90.9 Å². The van der Waals surface area contributed by atoms with Crippen LogP contribution in [0, 0.1) is 13.8 Å². The average molecular weight is 277 g/mol. The fraction of sp³-hybridized carbons (Fsp3) is 0.700. The minimum Gasteiger partial charge on any atom is -0.0853 e. The Morgan fingerprint density at radius 2 is 1.05 bits per heavy atom. The molecule has 0 amide bonds. The molecule has 0 aliphatic rings. The molecular formula is C20H36. The summed E-state index contributed by atoms with van der Waals surface area (Å²) in [6.07, 6.45) is 19.9. The van der Waals surface area contributed by atoms with E-state index in [1.807, 2.05) is 0 Å². The summed E-state index contributed by atoms with van der Waals surface area (Å²) in [5, 5.41) is 0. The van der Waals surface area contributed by atoms with Crippen LogP contribution in [0.4, 0.5) is 0 Å². The predicted octanol–water partition coefficient (Wildman–Crippen LogP) is 7.23. The lowest BCUT2D eigenvalue weighted by atomic mass is 10.0. The summed E-state index contributed by atoms with van der Waals surface area (Å²) in [5.74, 6) is 0. The van der Waals surface area contributed by atoms with Crippen LogP contribution in [0.15, 0.2) is 23.3 Å². The molecule has 0 heteroatoms. The summed E-state index contributed by atoms with van der Waals surface area (Å²) < 4.78 is 0. The first-order valence-corrected chi connectivity index (χ1v) is 8.60. The Kier molecular flexibility index (Phi) is 14.5. The van der Waals surface area contributed by atoms with Crippen molar-refractivity contribution in [1.82, 2.24) is 0 Å². The van der Waals surface area contributed by atoms with Crippen molar-refractivity contribution in [3.8, 4) is 0 Å². The fourth-order valence-corrected chi connectivity index (χ4v) is 2.38. The van der Waals surface area contributed by atoms with Gasteiger partial charge in [0.15, 0.2) is 0 Å². The van der Waals surface area contributed by atoms with Crippen LogP contribution in [-0.4, -0.2) is 0 Å². The van der Waals surface area contributed by atoms with Crippen LogP contribution >= 0.6 is 0 Å². The molecular weight excluding hydrogens is 240 g/mol. The van der Waals surface area contributed by atoms with Gasteiger partial charge in [-0.25, -0.2) is 0 Å². The Bertz CT molecular complexity index is 229. The van der Waals surface area contributed by atoms with Crippen molar-refractivity contribution in [3.05, 3.63) is 37.1 Å². The standard InChI is InChI=1S/C20H36/c1-5-7-9-11-15-19(3)17-13-14-18-20(4)16-12-10-8-6-2/h17-18H,1-2,5-16H2,3-4H3. The van der Waals surface area contributed by atoms with E-state index < -0.39 is 0 Å². The van der Waals surface area contributed by atoms with Gasteiger partial charge in [0.05, 0.1) is 0 Å². The van der Waals surface area contributed by atoms with Gasteiger partial charge in [-0.05, 0) is 52.4 Å². The highest BCUT2D eigenvalue weighted by Gasteiger charge is 1.93. The van der Waals surface area contributed by atoms with Gasteiger partial charge in [-0.3, -0.25) is 0 Å². The lowest BCUT2D eigenvalue weighted by molar-refractivity contribution is 0.679. The number of rotatable bonds is 13. The van der Waals surface area contributed by atoms with E-state index in [-0.39, 0.29) is 0 Å². The molecule has 0 aliphatic carbocycles. The first-order valence-electron chi connectivity index (χ1n) is 8.60. The van der Waals surface area contributed by atoms with Crippen LogP contribution < -0.4 is 0 Å². The van der Waals surface area contributed by atoms with Gasteiger partial charge >= 0.3 is 0 Å². The molecule has 0 aromatic carbocycles. The first kappa shape index (κ1) is 19.5. The van der Waals surface area contributed by atoms with Gasteiger partial charge in [0.1, 0.15) is 0 Å². The molecule has 0 nitrogen and oxygen atoms in total. The van der Waals surface area contributed by atoms with Gasteiger partial charge in [0.25, 0.3) is 0 Å². The van der Waals surface area contributed by atoms with Crippen LogP contribution in [0.5, 0.6) is 0 Å². The van der Waals surface area contributed by atoms with Crippen molar-refractivity contribution >= 4 is 0 Å². The highest BCUT2D eigenvalue weighted by atomic mass is 14.0. The van der Waals surface area contributed by atoms with E-state index in [9.17, 15) is 0 Å². The third kappa shape index (κ3) is 13.9. The van der Waals surface area contributed by atoms with Crippen molar-refractivity contribution in [3.63, 3.8) is 0 Å². The van der Waals surface area contributed by atoms with Gasteiger partial charge in [-0.2, -0.15) is 0 Å². The van der Waals surface area contributed by atoms with Gasteiger partial charge in [-0.1, -0.05) is 75.7 Å². The summed E-state index contributed by atoms with van der Waals surface area (Å²) in [6.45, 7) is 12.3. The van der Waals surface area contributed by atoms with Crippen molar-refractivity contribution in [1.29, 1.82) is 0 Å². The maximum absolute atomic E-state index is 3.89. The smallest absolute Gasteiger partial charge is 0.0313 e. The maximum Gasteiger partial charge on any atom is -0.0313 e. The molecule has 0 aliphatic heterocycles. The summed E-state index contributed by atoms with van der Waals surface area (Å²) in [7, 11) is 0. The molecule has 0 N–H and O–H groups in total. The molecule has 0 rings (SSSR count). The molecule has 116 valence electrons. The highest BCUT2D eigenvalue weighted by molar-refractivity contribution is 5.02. The molecule has 0 aromatic rings. The largest absolute Gasteiger partial charge is 0.0853 e. The van der Waals surface area contributed by atoms with Gasteiger partial charge < -0.3 is 0 Å². The lowest BCUT2D eigenvalue weighted by Gasteiger charge is -2.02. The van der Waals surface area contributed by atoms with Gasteiger partial charge in [0.2, 0.25) is 0 Å². The number of hydrogen-bond acceptors (Lipinski definition) is 0. The SMILES string of the molecule is [CH2]CCCCCC(C)=CCCC=C(C)CCCCC[CH2]. The van der Waals surface area contributed by atoms with Crippen LogP contribution in [0.1, 0.15) is 90.9 Å². The number of allylic oxidation sites excluding steroid dienone is 4. The number of hydrogen-bond donors (Lipinski definition) is 0. The van der Waals surface area contributed by atoms with E-state index in [2.05, 4.69) is 39.8 Å².